The number of rotatable bonds is 7. The molecule has 1 unspecified atom stereocenters. The van der Waals surface area contributed by atoms with Crippen LogP contribution in [0.4, 0.5) is 0 Å². The Morgan fingerprint density at radius 1 is 1.20 bits per heavy atom. The molecule has 0 heterocycles. The second kappa shape index (κ2) is 8.52. The molecule has 0 aliphatic carbocycles. The number of nitrogens with one attached hydrogen (secondary N) is 1. The van der Waals surface area contributed by atoms with Crippen LogP contribution in [0.15, 0.2) is 48.5 Å². The van der Waals surface area contributed by atoms with Gasteiger partial charge in [0.05, 0.1) is 0 Å². The molecule has 2 aromatic carbocycles. The minimum atomic E-state index is -3.24. The van der Waals surface area contributed by atoms with Crippen molar-refractivity contribution in [3.05, 3.63) is 64.7 Å². The van der Waals surface area contributed by atoms with Gasteiger partial charge in [-0.25, -0.2) is 5.09 Å². The van der Waals surface area contributed by atoms with E-state index in [1.54, 1.807) is 31.2 Å². The summed E-state index contributed by atoms with van der Waals surface area (Å²) in [5.74, 6) is -0.0896. The molecule has 0 aliphatic heterocycles. The van der Waals surface area contributed by atoms with Crippen LogP contribution in [0.25, 0.3) is 0 Å². The third-order valence-corrected chi connectivity index (χ3v) is 5.17. The summed E-state index contributed by atoms with van der Waals surface area (Å²) in [6.45, 7) is 5.11. The summed E-state index contributed by atoms with van der Waals surface area (Å²) < 4.78 is 23.3. The van der Waals surface area contributed by atoms with Gasteiger partial charge >= 0.3 is 13.5 Å². The lowest BCUT2D eigenvalue weighted by Gasteiger charge is -2.20. The topological polar surface area (TPSA) is 64.6 Å². The van der Waals surface area contributed by atoms with Crippen LogP contribution in [0.3, 0.4) is 0 Å². The van der Waals surface area contributed by atoms with Gasteiger partial charge in [-0.05, 0) is 49.2 Å². The van der Waals surface area contributed by atoms with Crippen LogP contribution >= 0.6 is 19.1 Å². The van der Waals surface area contributed by atoms with Gasteiger partial charge in [0.15, 0.2) is 0 Å². The molecule has 0 spiro atoms. The molecule has 134 valence electrons. The molecule has 0 saturated heterocycles. The number of hydrogen-bond donors (Lipinski definition) is 1. The zero-order valence-corrected chi connectivity index (χ0v) is 16.0. The van der Waals surface area contributed by atoms with Crippen molar-refractivity contribution < 1.29 is 18.6 Å². The van der Waals surface area contributed by atoms with Gasteiger partial charge in [-0.1, -0.05) is 35.9 Å². The highest BCUT2D eigenvalue weighted by Crippen LogP contribution is 2.39. The smallest absolute Gasteiger partial charge is 0.323 e. The van der Waals surface area contributed by atoms with Crippen LogP contribution < -0.4 is 9.61 Å². The molecule has 2 aromatic rings. The van der Waals surface area contributed by atoms with Gasteiger partial charge in [0, 0.05) is 11.7 Å². The Kier molecular flexibility index (Phi) is 6.65. The maximum absolute atomic E-state index is 12.5. The Bertz CT molecular complexity index is 779. The summed E-state index contributed by atoms with van der Waals surface area (Å²) >= 11 is 5.80. The molecule has 1 N–H and O–H groups in total. The highest BCUT2D eigenvalue weighted by atomic mass is 35.5. The van der Waals surface area contributed by atoms with Crippen molar-refractivity contribution in [1.82, 2.24) is 5.09 Å². The summed E-state index contributed by atoms with van der Waals surface area (Å²) in [6.07, 6.45) is 0. The number of benzene rings is 2. The molecule has 2 atom stereocenters. The van der Waals surface area contributed by atoms with E-state index < -0.39 is 19.5 Å². The maximum atomic E-state index is 12.5. The highest BCUT2D eigenvalue weighted by molar-refractivity contribution is 7.56. The number of carbonyl (C=O) groups is 1. The van der Waals surface area contributed by atoms with E-state index in [-0.39, 0.29) is 6.61 Å². The van der Waals surface area contributed by atoms with E-state index in [9.17, 15) is 9.36 Å². The van der Waals surface area contributed by atoms with E-state index in [1.165, 1.54) is 6.66 Å². The van der Waals surface area contributed by atoms with Crippen molar-refractivity contribution >= 4 is 25.1 Å². The molecule has 0 radical (unpaired) electrons. The molecule has 7 heteroatoms. The zero-order chi connectivity index (χ0) is 18.4. The van der Waals surface area contributed by atoms with Crippen LogP contribution in [-0.4, -0.2) is 18.7 Å². The van der Waals surface area contributed by atoms with E-state index >= 15 is 0 Å². The van der Waals surface area contributed by atoms with Gasteiger partial charge in [0.1, 0.15) is 18.4 Å². The number of hydrogen-bond acceptors (Lipinski definition) is 4. The minimum absolute atomic E-state index is 0.170. The molecule has 5 nitrogen and oxygen atoms in total. The Morgan fingerprint density at radius 3 is 2.48 bits per heavy atom. The van der Waals surface area contributed by atoms with Gasteiger partial charge in [-0.15, -0.1) is 0 Å². The Labute approximate surface area is 152 Å². The van der Waals surface area contributed by atoms with Crippen LogP contribution in [-0.2, 0) is 20.7 Å². The summed E-state index contributed by atoms with van der Waals surface area (Å²) in [7, 11) is -3.24. The van der Waals surface area contributed by atoms with Gasteiger partial charge in [0.2, 0.25) is 0 Å². The Balaban J connectivity index is 1.89. The van der Waals surface area contributed by atoms with Crippen molar-refractivity contribution in [2.24, 2.45) is 0 Å². The fraction of sp³-hybridized carbons (Fsp3) is 0.278. The van der Waals surface area contributed by atoms with E-state index in [2.05, 4.69) is 5.09 Å². The zero-order valence-electron chi connectivity index (χ0n) is 14.4. The fourth-order valence-electron chi connectivity index (χ4n) is 2.17. The first kappa shape index (κ1) is 19.5. The van der Waals surface area contributed by atoms with Gasteiger partial charge in [0.25, 0.3) is 0 Å². The van der Waals surface area contributed by atoms with Crippen molar-refractivity contribution in [1.29, 1.82) is 0 Å². The van der Waals surface area contributed by atoms with Crippen LogP contribution in [0.2, 0.25) is 5.02 Å². The van der Waals surface area contributed by atoms with Crippen molar-refractivity contribution in [3.63, 3.8) is 0 Å². The molecule has 0 bridgehead atoms. The quantitative estimate of drug-likeness (QED) is 0.562. The first-order chi connectivity index (χ1) is 11.8. The number of aryl methyl sites for hydroxylation is 1. The summed E-state index contributed by atoms with van der Waals surface area (Å²) in [5.41, 5.74) is 1.98. The molecule has 0 aliphatic rings. The molecule has 0 fully saturated rings. The fourth-order valence-corrected chi connectivity index (χ4v) is 3.68. The van der Waals surface area contributed by atoms with Crippen LogP contribution in [0, 0.1) is 6.92 Å². The second-order valence-corrected chi connectivity index (χ2v) is 8.34. The standard InChI is InChI=1S/C18H21ClNO4P/c1-13-6-4-5-7-15(13)12-23-18(21)14(2)20-25(3,22)24-17-10-8-16(19)9-11-17/h4-11,14H,12H2,1-3H3,(H,20,22)/t14-,25?/m0/s1. The van der Waals surface area contributed by atoms with Crippen molar-refractivity contribution in [2.75, 3.05) is 6.66 Å². The van der Waals surface area contributed by atoms with E-state index in [0.29, 0.717) is 10.8 Å². The average molecular weight is 382 g/mol. The van der Waals surface area contributed by atoms with Gasteiger partial charge in [-0.2, -0.15) is 0 Å². The molecular weight excluding hydrogens is 361 g/mol. The largest absolute Gasteiger partial charge is 0.460 e. The third kappa shape index (κ3) is 6.20. The van der Waals surface area contributed by atoms with Gasteiger partial charge < -0.3 is 9.26 Å². The summed E-state index contributed by atoms with van der Waals surface area (Å²) in [6, 6.07) is 13.4. The normalized spacial score (nSPS) is 14.4. The summed E-state index contributed by atoms with van der Waals surface area (Å²) in [5, 5.41) is 3.25. The van der Waals surface area contributed by atoms with E-state index in [4.69, 9.17) is 20.9 Å². The molecule has 0 aromatic heterocycles. The van der Waals surface area contributed by atoms with Crippen molar-refractivity contribution in [2.45, 2.75) is 26.5 Å². The maximum Gasteiger partial charge on any atom is 0.323 e. The van der Waals surface area contributed by atoms with Gasteiger partial charge in [-0.3, -0.25) is 9.36 Å². The summed E-state index contributed by atoms with van der Waals surface area (Å²) in [4.78, 5) is 12.1. The number of halogens is 1. The average Bonchev–Trinajstić information content (AvgIpc) is 2.55. The predicted octanol–water partition coefficient (Wildman–Crippen LogP) is 4.57. The molecule has 2 rings (SSSR count). The van der Waals surface area contributed by atoms with Crippen LogP contribution in [0.5, 0.6) is 5.75 Å². The SMILES string of the molecule is Cc1ccccc1COC(=O)[C@H](C)NP(C)(=O)Oc1ccc(Cl)cc1. The predicted molar refractivity (Wildman–Crippen MR) is 99.2 cm³/mol. The lowest BCUT2D eigenvalue weighted by Crippen LogP contribution is -2.34. The lowest BCUT2D eigenvalue weighted by molar-refractivity contribution is -0.146. The highest BCUT2D eigenvalue weighted by Gasteiger charge is 2.25. The number of ether oxygens (including phenoxy) is 1. The molecule has 0 amide bonds. The minimum Gasteiger partial charge on any atom is -0.460 e. The Hall–Kier alpha value is -1.81. The Morgan fingerprint density at radius 2 is 1.84 bits per heavy atom. The first-order valence-corrected chi connectivity index (χ1v) is 10.2. The molecule has 0 saturated carbocycles. The molecular formula is C18H21ClNO4P. The number of carbonyl (C=O) groups excluding carboxylic acids is 1. The second-order valence-electron chi connectivity index (χ2n) is 5.78. The lowest BCUT2D eigenvalue weighted by atomic mass is 10.1. The third-order valence-electron chi connectivity index (χ3n) is 3.51. The first-order valence-electron chi connectivity index (χ1n) is 7.78. The molecule has 25 heavy (non-hydrogen) atoms. The number of esters is 1. The van der Waals surface area contributed by atoms with E-state index in [1.807, 2.05) is 31.2 Å². The van der Waals surface area contributed by atoms with Crippen molar-refractivity contribution in [3.8, 4) is 5.75 Å². The van der Waals surface area contributed by atoms with E-state index in [0.717, 1.165) is 11.1 Å². The monoisotopic (exact) mass is 381 g/mol. The van der Waals surface area contributed by atoms with Crippen LogP contribution in [0.1, 0.15) is 18.1 Å².